The van der Waals surface area contributed by atoms with Crippen LogP contribution < -0.4 is 19.5 Å². The molecule has 1 heterocycles. The molecular weight excluding hydrogens is 270 g/mol. The molecule has 0 aliphatic heterocycles. The summed E-state index contributed by atoms with van der Waals surface area (Å²) in [6.07, 6.45) is 0. The molecule has 1 rings (SSSR count). The fraction of sp³-hybridized carbons (Fsp3) is 0.333. The second-order valence-corrected chi connectivity index (χ2v) is 3.76. The van der Waals surface area contributed by atoms with Crippen LogP contribution in [0.3, 0.4) is 0 Å². The summed E-state index contributed by atoms with van der Waals surface area (Å²) in [5.74, 6) is -0.347. The summed E-state index contributed by atoms with van der Waals surface area (Å²) >= 11 is 0. The Morgan fingerprint density at radius 3 is 2.06 bits per heavy atom. The van der Waals surface area contributed by atoms with Crippen molar-refractivity contribution in [3.8, 4) is 12.0 Å². The van der Waals surface area contributed by atoms with Crippen molar-refractivity contribution in [1.29, 1.82) is 0 Å². The zero-order valence-corrected chi connectivity index (χ0v) is 10.0. The van der Waals surface area contributed by atoms with Crippen LogP contribution in [0.2, 0.25) is 0 Å². The molecule has 0 spiro atoms. The lowest BCUT2D eigenvalue weighted by atomic mass is 10.8. The average Bonchev–Trinajstić information content (AvgIpc) is 2.25. The number of carbonyl (C=O) groups excluding carboxylic acids is 1. The lowest BCUT2D eigenvalue weighted by Gasteiger charge is -2.09. The van der Waals surface area contributed by atoms with E-state index in [1.807, 2.05) is 5.32 Å². The van der Waals surface area contributed by atoms with Gasteiger partial charge < -0.3 is 14.0 Å². The van der Waals surface area contributed by atoms with Gasteiger partial charge in [-0.05, 0) is 0 Å². The number of aromatic nitrogens is 3. The van der Waals surface area contributed by atoms with Gasteiger partial charge in [0.15, 0.2) is 10.3 Å². The summed E-state index contributed by atoms with van der Waals surface area (Å²) in [5.41, 5.74) is 0. The quantitative estimate of drug-likeness (QED) is 0.623. The molecule has 2 N–H and O–H groups in total. The minimum absolute atomic E-state index is 0.165. The summed E-state index contributed by atoms with van der Waals surface area (Å²) in [7, 11) is -2.39. The Bertz CT molecular complexity index is 523. The SMILES string of the molecule is COc1nc(NC(=O)NS(=O)(=O)[O-])nc(OC)n1. The van der Waals surface area contributed by atoms with Gasteiger partial charge in [-0.2, -0.15) is 9.97 Å². The van der Waals surface area contributed by atoms with Gasteiger partial charge in [-0.3, -0.25) is 5.32 Å². The maximum atomic E-state index is 11.0. The van der Waals surface area contributed by atoms with E-state index in [0.29, 0.717) is 0 Å². The van der Waals surface area contributed by atoms with Gasteiger partial charge >= 0.3 is 18.1 Å². The van der Waals surface area contributed by atoms with Crippen molar-refractivity contribution in [2.24, 2.45) is 0 Å². The minimum Gasteiger partial charge on any atom is -0.731 e. The van der Waals surface area contributed by atoms with Gasteiger partial charge in [0.1, 0.15) is 0 Å². The summed E-state index contributed by atoms with van der Waals surface area (Å²) in [4.78, 5) is 21.8. The summed E-state index contributed by atoms with van der Waals surface area (Å²) in [5, 5.41) is 1.90. The van der Waals surface area contributed by atoms with Crippen LogP contribution >= 0.6 is 0 Å². The summed E-state index contributed by atoms with van der Waals surface area (Å²) < 4.78 is 41.2. The third-order valence-electron chi connectivity index (χ3n) is 1.40. The number of ether oxygens (including phenoxy) is 2. The molecule has 0 fully saturated rings. The van der Waals surface area contributed by atoms with E-state index < -0.39 is 16.3 Å². The number of hydrogen-bond donors (Lipinski definition) is 2. The van der Waals surface area contributed by atoms with E-state index in [4.69, 9.17) is 0 Å². The molecule has 0 aromatic carbocycles. The molecule has 100 valence electrons. The van der Waals surface area contributed by atoms with Crippen molar-refractivity contribution in [1.82, 2.24) is 19.7 Å². The number of nitrogens with zero attached hydrogens (tertiary/aromatic N) is 3. The normalized spacial score (nSPS) is 10.6. The van der Waals surface area contributed by atoms with Crippen LogP contribution in [0.25, 0.3) is 0 Å². The van der Waals surface area contributed by atoms with Crippen molar-refractivity contribution in [3.05, 3.63) is 0 Å². The molecule has 0 bridgehead atoms. The minimum atomic E-state index is -4.92. The topological polar surface area (TPSA) is 155 Å². The highest BCUT2D eigenvalue weighted by molar-refractivity contribution is 7.84. The first-order valence-corrected chi connectivity index (χ1v) is 5.63. The van der Waals surface area contributed by atoms with E-state index in [2.05, 4.69) is 24.4 Å². The van der Waals surface area contributed by atoms with E-state index >= 15 is 0 Å². The predicted octanol–water partition coefficient (Wildman–Crippen LogP) is -1.53. The molecule has 0 aliphatic rings. The van der Waals surface area contributed by atoms with Crippen LogP contribution in [-0.2, 0) is 10.3 Å². The Labute approximate surface area is 101 Å². The molecule has 0 unspecified atom stereocenters. The largest absolute Gasteiger partial charge is 0.731 e. The lowest BCUT2D eigenvalue weighted by Crippen LogP contribution is -2.34. The number of amides is 2. The van der Waals surface area contributed by atoms with Crippen molar-refractivity contribution < 1.29 is 27.2 Å². The molecule has 1 aromatic heterocycles. The Balaban J connectivity index is 2.87. The van der Waals surface area contributed by atoms with Gasteiger partial charge in [0.25, 0.3) is 0 Å². The molecule has 0 saturated heterocycles. The number of hydrogen-bond acceptors (Lipinski definition) is 9. The maximum absolute atomic E-state index is 11.0. The number of rotatable bonds is 4. The second-order valence-electron chi connectivity index (χ2n) is 2.64. The molecular formula is C6H8N5O6S-. The van der Waals surface area contributed by atoms with Crippen LogP contribution in [0.4, 0.5) is 10.7 Å². The molecule has 0 atom stereocenters. The Morgan fingerprint density at radius 2 is 1.67 bits per heavy atom. The Kier molecular flexibility index (Phi) is 4.17. The fourth-order valence-electron chi connectivity index (χ4n) is 0.817. The van der Waals surface area contributed by atoms with Gasteiger partial charge in [-0.1, -0.05) is 0 Å². The zero-order valence-electron chi connectivity index (χ0n) is 9.20. The van der Waals surface area contributed by atoms with Crippen molar-refractivity contribution in [3.63, 3.8) is 0 Å². The monoisotopic (exact) mass is 278 g/mol. The van der Waals surface area contributed by atoms with Crippen LogP contribution in [0.1, 0.15) is 0 Å². The van der Waals surface area contributed by atoms with Gasteiger partial charge in [0.05, 0.1) is 14.2 Å². The number of urea groups is 1. The molecule has 18 heavy (non-hydrogen) atoms. The van der Waals surface area contributed by atoms with E-state index in [-0.39, 0.29) is 18.0 Å². The standard InChI is InChI=1S/C6H9N5O6S/c1-16-5-8-3(9-6(10-5)17-2)7-4(12)11-18(13,14)15/h1-2H3,(H,13,14,15)(H2,7,8,9,10,11,12)/p-1. The molecule has 1 aromatic rings. The molecule has 12 heteroatoms. The fourth-order valence-corrected chi connectivity index (χ4v) is 1.10. The third-order valence-corrected chi connectivity index (χ3v) is 1.84. The van der Waals surface area contributed by atoms with E-state index in [0.717, 1.165) is 4.72 Å². The average molecular weight is 278 g/mol. The highest BCUT2D eigenvalue weighted by atomic mass is 32.2. The Hall–Kier alpha value is -2.21. The predicted molar refractivity (Wildman–Crippen MR) is 54.8 cm³/mol. The second kappa shape index (κ2) is 5.42. The Morgan fingerprint density at radius 1 is 1.17 bits per heavy atom. The summed E-state index contributed by atoms with van der Waals surface area (Å²) in [6, 6.07) is -1.65. The highest BCUT2D eigenvalue weighted by Crippen LogP contribution is 2.11. The molecule has 11 nitrogen and oxygen atoms in total. The number of carbonyl (C=O) groups is 1. The number of nitrogens with one attached hydrogen (secondary N) is 2. The highest BCUT2D eigenvalue weighted by Gasteiger charge is 2.11. The first kappa shape index (κ1) is 13.9. The smallest absolute Gasteiger partial charge is 0.334 e. The van der Waals surface area contributed by atoms with Crippen molar-refractivity contribution >= 4 is 22.3 Å². The number of methoxy groups -OCH3 is 2. The molecule has 2 amide bonds. The van der Waals surface area contributed by atoms with Gasteiger partial charge in [-0.15, -0.1) is 4.98 Å². The van der Waals surface area contributed by atoms with Crippen molar-refractivity contribution in [2.75, 3.05) is 19.5 Å². The van der Waals surface area contributed by atoms with Crippen LogP contribution in [0.5, 0.6) is 12.0 Å². The van der Waals surface area contributed by atoms with E-state index in [1.54, 1.807) is 0 Å². The van der Waals surface area contributed by atoms with Gasteiger partial charge in [0.2, 0.25) is 5.95 Å². The van der Waals surface area contributed by atoms with Crippen molar-refractivity contribution in [2.45, 2.75) is 0 Å². The van der Waals surface area contributed by atoms with Gasteiger partial charge in [0, 0.05) is 0 Å². The third kappa shape index (κ3) is 4.34. The summed E-state index contributed by atoms with van der Waals surface area (Å²) in [6.45, 7) is 0. The molecule has 0 saturated carbocycles. The first-order valence-electron chi connectivity index (χ1n) is 4.22. The van der Waals surface area contributed by atoms with E-state index in [1.165, 1.54) is 14.2 Å². The first-order chi connectivity index (χ1) is 8.34. The van der Waals surface area contributed by atoms with Crippen LogP contribution in [0.15, 0.2) is 0 Å². The molecule has 0 radical (unpaired) electrons. The van der Waals surface area contributed by atoms with Crippen LogP contribution in [-0.4, -0.2) is 48.2 Å². The number of anilines is 1. The molecule has 0 aliphatic carbocycles. The lowest BCUT2D eigenvalue weighted by molar-refractivity contribution is 0.255. The van der Waals surface area contributed by atoms with Crippen LogP contribution in [0, 0.1) is 0 Å². The maximum Gasteiger partial charge on any atom is 0.334 e. The van der Waals surface area contributed by atoms with E-state index in [9.17, 15) is 17.8 Å². The zero-order chi connectivity index (χ0) is 13.8. The van der Waals surface area contributed by atoms with Gasteiger partial charge in [-0.25, -0.2) is 17.9 Å².